The molecule has 3 aromatic rings. The molecule has 0 aliphatic rings. The average molecular weight is 364 g/mol. The van der Waals surface area contributed by atoms with Gasteiger partial charge in [-0.05, 0) is 54.5 Å². The van der Waals surface area contributed by atoms with Gasteiger partial charge >= 0.3 is 5.97 Å². The Hall–Kier alpha value is -3.54. The van der Waals surface area contributed by atoms with Gasteiger partial charge in [0.25, 0.3) is 0 Å². The molecular weight excluding hydrogens is 347 g/mol. The summed E-state index contributed by atoms with van der Waals surface area (Å²) in [7, 11) is 0. The van der Waals surface area contributed by atoms with Crippen molar-refractivity contribution in [3.05, 3.63) is 89.8 Å². The molecule has 2 aromatic heterocycles. The number of hydrogen-bond acceptors (Lipinski definition) is 5. The lowest BCUT2D eigenvalue weighted by molar-refractivity contribution is -0.138. The summed E-state index contributed by atoms with van der Waals surface area (Å²) in [4.78, 5) is 19.7. The molecule has 0 saturated carbocycles. The molecule has 0 aliphatic carbocycles. The van der Waals surface area contributed by atoms with Gasteiger partial charge < -0.3 is 9.47 Å². The average Bonchev–Trinajstić information content (AvgIpc) is 2.68. The minimum absolute atomic E-state index is 0.0785. The summed E-state index contributed by atoms with van der Waals surface area (Å²) < 4.78 is 24.8. The van der Waals surface area contributed by atoms with E-state index in [2.05, 4.69) is 9.97 Å². The van der Waals surface area contributed by atoms with Gasteiger partial charge in [-0.2, -0.15) is 0 Å². The lowest BCUT2D eigenvalue weighted by Crippen LogP contribution is -2.02. The summed E-state index contributed by atoms with van der Waals surface area (Å²) in [6, 6.07) is 9.64. The number of pyridine rings is 2. The zero-order valence-electron chi connectivity index (χ0n) is 14.6. The highest BCUT2D eigenvalue weighted by atomic mass is 19.1. The fourth-order valence-corrected chi connectivity index (χ4v) is 2.25. The first-order chi connectivity index (χ1) is 13.1. The normalized spacial score (nSPS) is 10.7. The Bertz CT molecular complexity index is 959. The number of benzene rings is 1. The van der Waals surface area contributed by atoms with Crippen molar-refractivity contribution in [2.24, 2.45) is 0 Å². The van der Waals surface area contributed by atoms with E-state index >= 15 is 0 Å². The lowest BCUT2D eigenvalue weighted by Gasteiger charge is -2.07. The fourth-order valence-electron chi connectivity index (χ4n) is 2.25. The minimum Gasteiger partial charge on any atom is -0.458 e. The standard InChI is InChI=1S/C21H17FN2O3/c1-15-8-10-24-12-17(15)14-26-21(25)7-5-16-4-6-20(19(22)11-16)27-18-3-2-9-23-13-18/h2-13H,14H2,1H3/b7-5+. The first-order valence-corrected chi connectivity index (χ1v) is 8.23. The smallest absolute Gasteiger partial charge is 0.331 e. The van der Waals surface area contributed by atoms with E-state index in [9.17, 15) is 9.18 Å². The van der Waals surface area contributed by atoms with Crippen LogP contribution in [0.5, 0.6) is 11.5 Å². The van der Waals surface area contributed by atoms with Crippen LogP contribution < -0.4 is 4.74 Å². The van der Waals surface area contributed by atoms with E-state index in [1.165, 1.54) is 30.5 Å². The van der Waals surface area contributed by atoms with Crippen LogP contribution in [0.4, 0.5) is 4.39 Å². The topological polar surface area (TPSA) is 61.3 Å². The molecule has 0 aliphatic heterocycles. The number of rotatable bonds is 6. The second kappa shape index (κ2) is 8.71. The molecule has 136 valence electrons. The molecule has 0 atom stereocenters. The van der Waals surface area contributed by atoms with Gasteiger partial charge in [0.2, 0.25) is 0 Å². The third-order valence-electron chi connectivity index (χ3n) is 3.75. The second-order valence-electron chi connectivity index (χ2n) is 5.72. The Morgan fingerprint density at radius 3 is 2.74 bits per heavy atom. The fraction of sp³-hybridized carbons (Fsp3) is 0.0952. The number of aryl methyl sites for hydroxylation is 1. The molecular formula is C21H17FN2O3. The van der Waals surface area contributed by atoms with Crippen LogP contribution in [0.3, 0.4) is 0 Å². The summed E-state index contributed by atoms with van der Waals surface area (Å²) in [6.45, 7) is 2.05. The molecule has 6 heteroatoms. The van der Waals surface area contributed by atoms with Gasteiger partial charge in [0, 0.05) is 30.2 Å². The van der Waals surface area contributed by atoms with Crippen LogP contribution in [0, 0.1) is 12.7 Å². The van der Waals surface area contributed by atoms with Crippen molar-refractivity contribution in [2.45, 2.75) is 13.5 Å². The molecule has 0 spiro atoms. The minimum atomic E-state index is -0.541. The van der Waals surface area contributed by atoms with E-state index in [4.69, 9.17) is 9.47 Å². The van der Waals surface area contributed by atoms with E-state index in [0.717, 1.165) is 11.1 Å². The Kier molecular flexibility index (Phi) is 5.89. The van der Waals surface area contributed by atoms with Crippen molar-refractivity contribution < 1.29 is 18.7 Å². The van der Waals surface area contributed by atoms with E-state index in [1.807, 2.05) is 13.0 Å². The Morgan fingerprint density at radius 2 is 2.00 bits per heavy atom. The zero-order chi connectivity index (χ0) is 19.1. The monoisotopic (exact) mass is 364 g/mol. The van der Waals surface area contributed by atoms with Crippen molar-refractivity contribution in [3.8, 4) is 11.5 Å². The third kappa shape index (κ3) is 5.22. The predicted molar refractivity (Wildman–Crippen MR) is 98.5 cm³/mol. The number of halogens is 1. The SMILES string of the molecule is Cc1ccncc1COC(=O)/C=C/c1ccc(Oc2cccnc2)c(F)c1. The molecule has 0 fully saturated rings. The predicted octanol–water partition coefficient (Wildman–Crippen LogP) is 4.47. The van der Waals surface area contributed by atoms with Crippen LogP contribution in [0.1, 0.15) is 16.7 Å². The van der Waals surface area contributed by atoms with Crippen LogP contribution in [0.25, 0.3) is 6.08 Å². The van der Waals surface area contributed by atoms with Gasteiger partial charge in [-0.25, -0.2) is 9.18 Å². The van der Waals surface area contributed by atoms with E-state index < -0.39 is 11.8 Å². The zero-order valence-corrected chi connectivity index (χ0v) is 14.6. The van der Waals surface area contributed by atoms with Crippen LogP contribution in [0.15, 0.2) is 67.3 Å². The van der Waals surface area contributed by atoms with Gasteiger partial charge in [0.15, 0.2) is 11.6 Å². The maximum Gasteiger partial charge on any atom is 0.331 e. The maximum atomic E-state index is 14.2. The van der Waals surface area contributed by atoms with Crippen LogP contribution in [-0.4, -0.2) is 15.9 Å². The number of carbonyl (C=O) groups is 1. The van der Waals surface area contributed by atoms with Crippen molar-refractivity contribution >= 4 is 12.0 Å². The van der Waals surface area contributed by atoms with Crippen LogP contribution >= 0.6 is 0 Å². The molecule has 0 N–H and O–H groups in total. The van der Waals surface area contributed by atoms with Crippen LogP contribution in [0.2, 0.25) is 0 Å². The summed E-state index contributed by atoms with van der Waals surface area (Å²) in [5.41, 5.74) is 2.34. The molecule has 1 aromatic carbocycles. The molecule has 5 nitrogen and oxygen atoms in total. The summed E-state index contributed by atoms with van der Waals surface area (Å²) >= 11 is 0. The number of esters is 1. The van der Waals surface area contributed by atoms with Gasteiger partial charge in [-0.1, -0.05) is 6.07 Å². The largest absolute Gasteiger partial charge is 0.458 e. The molecule has 0 amide bonds. The first kappa shape index (κ1) is 18.3. The Morgan fingerprint density at radius 1 is 1.15 bits per heavy atom. The van der Waals surface area contributed by atoms with E-state index in [0.29, 0.717) is 11.3 Å². The second-order valence-corrected chi connectivity index (χ2v) is 5.72. The van der Waals surface area contributed by atoms with Gasteiger partial charge in [0.1, 0.15) is 12.4 Å². The molecule has 2 heterocycles. The number of aromatic nitrogens is 2. The van der Waals surface area contributed by atoms with Crippen molar-refractivity contribution in [2.75, 3.05) is 0 Å². The molecule has 0 saturated heterocycles. The molecule has 27 heavy (non-hydrogen) atoms. The first-order valence-electron chi connectivity index (χ1n) is 8.23. The van der Waals surface area contributed by atoms with Crippen molar-refractivity contribution in [3.63, 3.8) is 0 Å². The number of nitrogens with zero attached hydrogens (tertiary/aromatic N) is 2. The quantitative estimate of drug-likeness (QED) is 0.477. The highest BCUT2D eigenvalue weighted by Crippen LogP contribution is 2.24. The van der Waals surface area contributed by atoms with Gasteiger partial charge in [-0.15, -0.1) is 0 Å². The highest BCUT2D eigenvalue weighted by Gasteiger charge is 2.06. The van der Waals surface area contributed by atoms with Gasteiger partial charge in [-0.3, -0.25) is 9.97 Å². The number of hydrogen-bond donors (Lipinski definition) is 0. The van der Waals surface area contributed by atoms with Crippen molar-refractivity contribution in [1.82, 2.24) is 9.97 Å². The summed E-state index contributed by atoms with van der Waals surface area (Å²) in [5.74, 6) is -0.543. The number of carbonyl (C=O) groups excluding carboxylic acids is 1. The molecule has 0 radical (unpaired) electrons. The molecule has 0 unspecified atom stereocenters. The van der Waals surface area contributed by atoms with E-state index in [1.54, 1.807) is 36.8 Å². The lowest BCUT2D eigenvalue weighted by atomic mass is 10.2. The maximum absolute atomic E-state index is 14.2. The molecule has 3 rings (SSSR count). The van der Waals surface area contributed by atoms with Crippen LogP contribution in [-0.2, 0) is 16.1 Å². The van der Waals surface area contributed by atoms with E-state index in [-0.39, 0.29) is 12.4 Å². The number of ether oxygens (including phenoxy) is 2. The summed E-state index contributed by atoms with van der Waals surface area (Å²) in [6.07, 6.45) is 9.16. The third-order valence-corrected chi connectivity index (χ3v) is 3.75. The Labute approximate surface area is 156 Å². The highest BCUT2D eigenvalue weighted by molar-refractivity contribution is 5.87. The summed E-state index contributed by atoms with van der Waals surface area (Å²) in [5, 5.41) is 0. The van der Waals surface area contributed by atoms with Gasteiger partial charge in [0.05, 0.1) is 6.20 Å². The van der Waals surface area contributed by atoms with Crippen molar-refractivity contribution in [1.29, 1.82) is 0 Å². The molecule has 0 bridgehead atoms. The Balaban J connectivity index is 1.59.